The molecule has 238 valence electrons. The van der Waals surface area contributed by atoms with Crippen LogP contribution in [0.15, 0.2) is 48.6 Å². The second-order valence-corrected chi connectivity index (χ2v) is 12.8. The number of carbonyl (C=O) groups is 1. The second-order valence-electron chi connectivity index (χ2n) is 11.4. The molecular formula is C32H59N2O6P. The number of rotatable bonds is 26. The fourth-order valence-corrected chi connectivity index (χ4v) is 4.46. The van der Waals surface area contributed by atoms with Crippen LogP contribution in [0.2, 0.25) is 0 Å². The molecule has 1 amide bonds. The Kier molecular flexibility index (Phi) is 24.1. The summed E-state index contributed by atoms with van der Waals surface area (Å²) in [4.78, 5) is 24.8. The highest BCUT2D eigenvalue weighted by molar-refractivity contribution is 7.45. The number of aliphatic hydroxyl groups excluding tert-OH is 1. The van der Waals surface area contributed by atoms with E-state index in [0.717, 1.165) is 77.0 Å². The van der Waals surface area contributed by atoms with E-state index in [4.69, 9.17) is 9.05 Å². The number of nitrogens with one attached hydrogen (secondary N) is 1. The molecule has 0 saturated heterocycles. The molecule has 0 aromatic rings. The molecule has 2 N–H and O–H groups in total. The summed E-state index contributed by atoms with van der Waals surface area (Å²) < 4.78 is 22.8. The van der Waals surface area contributed by atoms with Crippen LogP contribution in [0.25, 0.3) is 0 Å². The number of aliphatic hydroxyl groups is 1. The first-order valence-electron chi connectivity index (χ1n) is 15.5. The molecule has 3 unspecified atom stereocenters. The van der Waals surface area contributed by atoms with Crippen LogP contribution < -0.4 is 10.2 Å². The lowest BCUT2D eigenvalue weighted by molar-refractivity contribution is -0.870. The minimum absolute atomic E-state index is 0.00833. The van der Waals surface area contributed by atoms with E-state index in [1.165, 1.54) is 0 Å². The zero-order valence-corrected chi connectivity index (χ0v) is 27.4. The van der Waals surface area contributed by atoms with Crippen molar-refractivity contribution in [3.8, 4) is 0 Å². The summed E-state index contributed by atoms with van der Waals surface area (Å²) in [5.74, 6) is -0.229. The van der Waals surface area contributed by atoms with Gasteiger partial charge in [0.15, 0.2) is 0 Å². The van der Waals surface area contributed by atoms with Crippen molar-refractivity contribution >= 4 is 13.7 Å². The number of phosphoric acid groups is 1. The molecule has 0 aromatic heterocycles. The van der Waals surface area contributed by atoms with Crippen molar-refractivity contribution in [2.24, 2.45) is 0 Å². The maximum Gasteiger partial charge on any atom is 0.268 e. The number of quaternary nitrogens is 1. The van der Waals surface area contributed by atoms with E-state index in [-0.39, 0.29) is 12.5 Å². The smallest absolute Gasteiger partial charge is 0.268 e. The lowest BCUT2D eigenvalue weighted by Crippen LogP contribution is -2.45. The van der Waals surface area contributed by atoms with Gasteiger partial charge in [0, 0.05) is 6.42 Å². The normalized spacial score (nSPS) is 15.8. The van der Waals surface area contributed by atoms with Crippen molar-refractivity contribution in [2.75, 3.05) is 40.9 Å². The molecule has 0 bridgehead atoms. The van der Waals surface area contributed by atoms with Crippen LogP contribution in [0.4, 0.5) is 0 Å². The number of likely N-dealkylation sites (N-methyl/N-ethyl adjacent to an activating group) is 1. The van der Waals surface area contributed by atoms with Crippen molar-refractivity contribution in [1.29, 1.82) is 0 Å². The number of hydrogen-bond donors (Lipinski definition) is 2. The first-order valence-corrected chi connectivity index (χ1v) is 17.0. The summed E-state index contributed by atoms with van der Waals surface area (Å²) in [7, 11) is 1.23. The minimum Gasteiger partial charge on any atom is -0.756 e. The number of unbranched alkanes of at least 4 members (excludes halogenated alkanes) is 7. The highest BCUT2D eigenvalue weighted by Gasteiger charge is 2.23. The fourth-order valence-electron chi connectivity index (χ4n) is 3.74. The largest absolute Gasteiger partial charge is 0.756 e. The van der Waals surface area contributed by atoms with Gasteiger partial charge >= 0.3 is 0 Å². The average molecular weight is 599 g/mol. The molecule has 0 aromatic carbocycles. The standard InChI is InChI=1S/C32H59N2O6P/c1-6-8-10-12-13-14-15-16-17-18-19-20-21-22-24-26-32(36)33-30(31(35)25-23-11-9-7-2)29-40-41(37,38)39-28-27-34(3,4)5/h8,10,13-14,16-17,23,25,30-31,35H,6-7,9,11-12,15,18-22,24,26-29H2,1-5H3,(H-,33,36,37,38)/b10-8-,14-13-,17-16-,25-23+. The molecule has 0 heterocycles. The molecule has 41 heavy (non-hydrogen) atoms. The Labute approximate surface area is 250 Å². The number of hydrogen-bond acceptors (Lipinski definition) is 6. The quantitative estimate of drug-likeness (QED) is 0.0518. The molecule has 3 atom stereocenters. The van der Waals surface area contributed by atoms with Gasteiger partial charge in [0.1, 0.15) is 13.2 Å². The summed E-state index contributed by atoms with van der Waals surface area (Å²) in [6.45, 7) is 4.31. The molecule has 0 spiro atoms. The van der Waals surface area contributed by atoms with Crippen LogP contribution in [0, 0.1) is 0 Å². The molecule has 0 rings (SSSR count). The van der Waals surface area contributed by atoms with Gasteiger partial charge in [-0.25, -0.2) is 0 Å². The predicted octanol–water partition coefficient (Wildman–Crippen LogP) is 6.38. The minimum atomic E-state index is -4.56. The predicted molar refractivity (Wildman–Crippen MR) is 168 cm³/mol. The van der Waals surface area contributed by atoms with E-state index >= 15 is 0 Å². The van der Waals surface area contributed by atoms with Crippen molar-refractivity contribution in [1.82, 2.24) is 5.32 Å². The zero-order valence-electron chi connectivity index (χ0n) is 26.5. The van der Waals surface area contributed by atoms with Gasteiger partial charge < -0.3 is 28.8 Å². The second kappa shape index (κ2) is 25.0. The van der Waals surface area contributed by atoms with Gasteiger partial charge in [0.25, 0.3) is 7.82 Å². The lowest BCUT2D eigenvalue weighted by atomic mass is 10.1. The van der Waals surface area contributed by atoms with E-state index in [1.54, 1.807) is 6.08 Å². The van der Waals surface area contributed by atoms with Crippen LogP contribution in [0.1, 0.15) is 97.3 Å². The fraction of sp³-hybridized carbons (Fsp3) is 0.719. The van der Waals surface area contributed by atoms with Crippen molar-refractivity contribution in [2.45, 2.75) is 109 Å². The van der Waals surface area contributed by atoms with E-state index < -0.39 is 26.6 Å². The van der Waals surface area contributed by atoms with E-state index in [0.29, 0.717) is 17.4 Å². The Morgan fingerprint density at radius 3 is 2.15 bits per heavy atom. The monoisotopic (exact) mass is 598 g/mol. The maximum absolute atomic E-state index is 12.6. The van der Waals surface area contributed by atoms with Gasteiger partial charge in [-0.3, -0.25) is 9.36 Å². The SMILES string of the molecule is CC/C=C\C/C=C\C/C=C\CCCCCCCC(=O)NC(COP(=O)([O-])OCC[N+](C)(C)C)C(O)/C=C/CCCC. The topological polar surface area (TPSA) is 108 Å². The van der Waals surface area contributed by atoms with E-state index in [2.05, 4.69) is 55.6 Å². The van der Waals surface area contributed by atoms with Crippen LogP contribution in [-0.2, 0) is 18.4 Å². The maximum atomic E-state index is 12.6. The van der Waals surface area contributed by atoms with Crippen LogP contribution >= 0.6 is 7.82 Å². The van der Waals surface area contributed by atoms with Crippen molar-refractivity contribution in [3.05, 3.63) is 48.6 Å². The van der Waals surface area contributed by atoms with Gasteiger partial charge in [0.05, 0.1) is 39.9 Å². The Morgan fingerprint density at radius 1 is 0.878 bits per heavy atom. The molecule has 0 aliphatic heterocycles. The van der Waals surface area contributed by atoms with E-state index in [1.807, 2.05) is 27.2 Å². The molecule has 0 radical (unpaired) electrons. The molecule has 0 saturated carbocycles. The van der Waals surface area contributed by atoms with Crippen molar-refractivity contribution < 1.29 is 32.9 Å². The van der Waals surface area contributed by atoms with Gasteiger partial charge in [-0.05, 0) is 44.9 Å². The average Bonchev–Trinajstić information content (AvgIpc) is 2.90. The van der Waals surface area contributed by atoms with Crippen LogP contribution in [0.5, 0.6) is 0 Å². The molecular weight excluding hydrogens is 539 g/mol. The summed E-state index contributed by atoms with van der Waals surface area (Å²) in [5.41, 5.74) is 0. The van der Waals surface area contributed by atoms with Crippen LogP contribution in [0.3, 0.4) is 0 Å². The Hall–Kier alpha value is -1.54. The molecule has 0 fully saturated rings. The Bertz CT molecular complexity index is 819. The van der Waals surface area contributed by atoms with Gasteiger partial charge in [0.2, 0.25) is 5.91 Å². The highest BCUT2D eigenvalue weighted by Crippen LogP contribution is 2.38. The molecule has 0 aliphatic rings. The third-order valence-electron chi connectivity index (χ3n) is 6.29. The highest BCUT2D eigenvalue weighted by atomic mass is 31.2. The summed E-state index contributed by atoms with van der Waals surface area (Å²) in [5, 5.41) is 13.4. The third-order valence-corrected chi connectivity index (χ3v) is 7.26. The molecule has 8 nitrogen and oxygen atoms in total. The summed E-state index contributed by atoms with van der Waals surface area (Å²) in [6.07, 6.45) is 27.8. The Balaban J connectivity index is 4.43. The van der Waals surface area contributed by atoms with Gasteiger partial charge in [-0.15, -0.1) is 0 Å². The number of phosphoric ester groups is 1. The third kappa shape index (κ3) is 27.1. The first kappa shape index (κ1) is 39.5. The lowest BCUT2D eigenvalue weighted by Gasteiger charge is -2.29. The number of nitrogens with zero attached hydrogens (tertiary/aromatic N) is 1. The number of amides is 1. The summed E-state index contributed by atoms with van der Waals surface area (Å²) in [6, 6.07) is -0.890. The first-order chi connectivity index (χ1) is 19.5. The molecule has 0 aliphatic carbocycles. The Morgan fingerprint density at radius 2 is 1.49 bits per heavy atom. The molecule has 9 heteroatoms. The van der Waals surface area contributed by atoms with Crippen molar-refractivity contribution in [3.63, 3.8) is 0 Å². The van der Waals surface area contributed by atoms with Gasteiger partial charge in [-0.2, -0.15) is 0 Å². The van der Waals surface area contributed by atoms with Gasteiger partial charge in [-0.1, -0.05) is 94.6 Å². The van der Waals surface area contributed by atoms with Crippen LogP contribution in [-0.4, -0.2) is 68.5 Å². The number of allylic oxidation sites excluding steroid dienone is 7. The van der Waals surface area contributed by atoms with E-state index in [9.17, 15) is 19.4 Å². The zero-order chi connectivity index (χ0) is 30.8. The number of carbonyl (C=O) groups excluding carboxylic acids is 1. The summed E-state index contributed by atoms with van der Waals surface area (Å²) >= 11 is 0.